The van der Waals surface area contributed by atoms with Crippen molar-refractivity contribution in [1.82, 2.24) is 24.5 Å². The smallest absolute Gasteiger partial charge is 0.140 e. The zero-order chi connectivity index (χ0) is 14.9. The number of nitrogens with one attached hydrogen (secondary N) is 1. The van der Waals surface area contributed by atoms with Crippen molar-refractivity contribution in [2.45, 2.75) is 6.54 Å². The Bertz CT molecular complexity index is 927. The maximum absolute atomic E-state index is 13.3. The van der Waals surface area contributed by atoms with E-state index in [-0.39, 0.29) is 5.82 Å². The van der Waals surface area contributed by atoms with Crippen LogP contribution >= 0.6 is 0 Å². The van der Waals surface area contributed by atoms with E-state index in [0.29, 0.717) is 17.9 Å². The van der Waals surface area contributed by atoms with Crippen LogP contribution in [0.4, 0.5) is 4.39 Å². The van der Waals surface area contributed by atoms with Crippen molar-refractivity contribution in [3.05, 3.63) is 66.8 Å². The second-order valence-corrected chi connectivity index (χ2v) is 5.06. The highest BCUT2D eigenvalue weighted by Crippen LogP contribution is 2.21. The number of benzene rings is 1. The Morgan fingerprint density at radius 3 is 2.95 bits per heavy atom. The Kier molecular flexibility index (Phi) is 2.93. The summed E-state index contributed by atoms with van der Waals surface area (Å²) in [6.45, 7) is 0.690. The molecule has 4 aromatic rings. The van der Waals surface area contributed by atoms with Crippen molar-refractivity contribution in [2.24, 2.45) is 0 Å². The van der Waals surface area contributed by atoms with Gasteiger partial charge in [0, 0.05) is 30.4 Å². The lowest BCUT2D eigenvalue weighted by Crippen LogP contribution is -1.97. The third-order valence-corrected chi connectivity index (χ3v) is 3.44. The minimum Gasteiger partial charge on any atom is -0.338 e. The molecular weight excluding hydrogens is 281 g/mol. The molecule has 3 heterocycles. The second-order valence-electron chi connectivity index (χ2n) is 5.06. The van der Waals surface area contributed by atoms with Gasteiger partial charge in [0.2, 0.25) is 0 Å². The summed E-state index contributed by atoms with van der Waals surface area (Å²) in [7, 11) is 0. The second kappa shape index (κ2) is 5.07. The van der Waals surface area contributed by atoms with Crippen LogP contribution in [0.1, 0.15) is 5.56 Å². The first-order valence-electron chi connectivity index (χ1n) is 6.83. The number of pyridine rings is 1. The molecule has 0 fully saturated rings. The number of nitrogens with zero attached hydrogens (tertiary/aromatic N) is 4. The van der Waals surface area contributed by atoms with Gasteiger partial charge in [-0.3, -0.25) is 4.98 Å². The number of rotatable bonds is 3. The molecule has 0 spiro atoms. The van der Waals surface area contributed by atoms with Gasteiger partial charge >= 0.3 is 0 Å². The SMILES string of the molecule is Fc1ccc2nc(-c3cncc(Cn4ccnc4)c3)[nH]c2c1. The highest BCUT2D eigenvalue weighted by molar-refractivity contribution is 5.79. The summed E-state index contributed by atoms with van der Waals surface area (Å²) in [5.74, 6) is 0.398. The van der Waals surface area contributed by atoms with Crippen LogP contribution in [-0.2, 0) is 6.54 Å². The Morgan fingerprint density at radius 1 is 1.14 bits per heavy atom. The summed E-state index contributed by atoms with van der Waals surface area (Å²) in [6, 6.07) is 6.52. The first-order chi connectivity index (χ1) is 10.8. The fraction of sp³-hybridized carbons (Fsp3) is 0.0625. The Balaban J connectivity index is 1.71. The standard InChI is InChI=1S/C16H12FN5/c17-13-1-2-14-15(6-13)21-16(20-14)12-5-11(7-19-8-12)9-22-4-3-18-10-22/h1-8,10H,9H2,(H,20,21). The molecule has 0 bridgehead atoms. The normalized spacial score (nSPS) is 11.1. The summed E-state index contributed by atoms with van der Waals surface area (Å²) in [5.41, 5.74) is 3.32. The minimum atomic E-state index is -0.283. The van der Waals surface area contributed by atoms with E-state index in [2.05, 4.69) is 19.9 Å². The van der Waals surface area contributed by atoms with Gasteiger partial charge in [-0.25, -0.2) is 14.4 Å². The van der Waals surface area contributed by atoms with Crippen LogP contribution in [0, 0.1) is 5.82 Å². The summed E-state index contributed by atoms with van der Waals surface area (Å²) in [5, 5.41) is 0. The van der Waals surface area contributed by atoms with Crippen LogP contribution in [0.5, 0.6) is 0 Å². The molecule has 4 rings (SSSR count). The van der Waals surface area contributed by atoms with Crippen LogP contribution in [0.3, 0.4) is 0 Å². The summed E-state index contributed by atoms with van der Waals surface area (Å²) >= 11 is 0. The molecule has 0 atom stereocenters. The predicted octanol–water partition coefficient (Wildman–Crippen LogP) is 3.01. The topological polar surface area (TPSA) is 59.4 Å². The lowest BCUT2D eigenvalue weighted by molar-refractivity contribution is 0.629. The largest absolute Gasteiger partial charge is 0.338 e. The van der Waals surface area contributed by atoms with Crippen LogP contribution in [0.2, 0.25) is 0 Å². The Labute approximate surface area is 125 Å². The molecule has 1 N–H and O–H groups in total. The highest BCUT2D eigenvalue weighted by atomic mass is 19.1. The molecule has 0 amide bonds. The van der Waals surface area contributed by atoms with E-state index < -0.39 is 0 Å². The molecule has 0 aliphatic carbocycles. The first kappa shape index (κ1) is 12.7. The van der Waals surface area contributed by atoms with Gasteiger partial charge in [0.25, 0.3) is 0 Å². The van der Waals surface area contributed by atoms with E-state index in [9.17, 15) is 4.39 Å². The third-order valence-electron chi connectivity index (χ3n) is 3.44. The molecule has 5 nitrogen and oxygen atoms in total. The van der Waals surface area contributed by atoms with Gasteiger partial charge in [-0.15, -0.1) is 0 Å². The van der Waals surface area contributed by atoms with Crippen LogP contribution in [-0.4, -0.2) is 24.5 Å². The minimum absolute atomic E-state index is 0.283. The van der Waals surface area contributed by atoms with Gasteiger partial charge in [-0.05, 0) is 29.8 Å². The predicted molar refractivity (Wildman–Crippen MR) is 80.6 cm³/mol. The van der Waals surface area contributed by atoms with Gasteiger partial charge < -0.3 is 9.55 Å². The molecule has 22 heavy (non-hydrogen) atoms. The van der Waals surface area contributed by atoms with Crippen molar-refractivity contribution in [3.8, 4) is 11.4 Å². The molecule has 0 unspecified atom stereocenters. The monoisotopic (exact) mass is 293 g/mol. The highest BCUT2D eigenvalue weighted by Gasteiger charge is 2.07. The number of hydrogen-bond donors (Lipinski definition) is 1. The number of halogens is 1. The van der Waals surface area contributed by atoms with E-state index in [1.807, 2.05) is 23.0 Å². The number of aromatic amines is 1. The number of fused-ring (bicyclic) bond motifs is 1. The summed E-state index contributed by atoms with van der Waals surface area (Å²) in [6.07, 6.45) is 8.95. The number of aromatic nitrogens is 5. The van der Waals surface area contributed by atoms with Crippen molar-refractivity contribution in [3.63, 3.8) is 0 Å². The van der Waals surface area contributed by atoms with Crippen LogP contribution in [0.25, 0.3) is 22.4 Å². The van der Waals surface area contributed by atoms with Gasteiger partial charge in [0.15, 0.2) is 0 Å². The maximum atomic E-state index is 13.3. The quantitative estimate of drug-likeness (QED) is 0.631. The first-order valence-corrected chi connectivity index (χ1v) is 6.83. The Morgan fingerprint density at radius 2 is 2.09 bits per heavy atom. The van der Waals surface area contributed by atoms with Crippen molar-refractivity contribution < 1.29 is 4.39 Å². The van der Waals surface area contributed by atoms with Crippen molar-refractivity contribution in [2.75, 3.05) is 0 Å². The van der Waals surface area contributed by atoms with Crippen molar-refractivity contribution >= 4 is 11.0 Å². The van der Waals surface area contributed by atoms with Gasteiger partial charge in [0.1, 0.15) is 11.6 Å². The molecular formula is C16H12FN5. The van der Waals surface area contributed by atoms with Crippen LogP contribution in [0.15, 0.2) is 55.4 Å². The number of hydrogen-bond acceptors (Lipinski definition) is 3. The van der Waals surface area contributed by atoms with Crippen molar-refractivity contribution in [1.29, 1.82) is 0 Å². The number of H-pyrrole nitrogens is 1. The summed E-state index contributed by atoms with van der Waals surface area (Å²) < 4.78 is 15.2. The maximum Gasteiger partial charge on any atom is 0.140 e. The van der Waals surface area contributed by atoms with Gasteiger partial charge in [-0.1, -0.05) is 0 Å². The molecule has 108 valence electrons. The molecule has 1 aromatic carbocycles. The average molecular weight is 293 g/mol. The number of imidazole rings is 2. The van der Waals surface area contributed by atoms with E-state index in [1.54, 1.807) is 24.8 Å². The van der Waals surface area contributed by atoms with E-state index in [1.165, 1.54) is 12.1 Å². The molecule has 0 radical (unpaired) electrons. The van der Waals surface area contributed by atoms with E-state index >= 15 is 0 Å². The Hall–Kier alpha value is -3.02. The van der Waals surface area contributed by atoms with E-state index in [0.717, 1.165) is 16.6 Å². The molecule has 0 saturated heterocycles. The fourth-order valence-corrected chi connectivity index (χ4v) is 2.41. The van der Waals surface area contributed by atoms with E-state index in [4.69, 9.17) is 0 Å². The summed E-state index contributed by atoms with van der Waals surface area (Å²) in [4.78, 5) is 15.9. The van der Waals surface area contributed by atoms with Gasteiger partial charge in [0.05, 0.1) is 23.9 Å². The zero-order valence-electron chi connectivity index (χ0n) is 11.6. The lowest BCUT2D eigenvalue weighted by Gasteiger charge is -2.03. The molecule has 6 heteroatoms. The molecule has 0 aliphatic rings. The molecule has 3 aromatic heterocycles. The lowest BCUT2D eigenvalue weighted by atomic mass is 10.2. The third kappa shape index (κ3) is 2.35. The zero-order valence-corrected chi connectivity index (χ0v) is 11.6. The average Bonchev–Trinajstić information content (AvgIpc) is 3.16. The molecule has 0 aliphatic heterocycles. The fourth-order valence-electron chi connectivity index (χ4n) is 2.41. The van der Waals surface area contributed by atoms with Crippen LogP contribution < -0.4 is 0 Å². The molecule has 0 saturated carbocycles. The van der Waals surface area contributed by atoms with Gasteiger partial charge in [-0.2, -0.15) is 0 Å².